The molecule has 0 radical (unpaired) electrons. The zero-order valence-electron chi connectivity index (χ0n) is 11.0. The average Bonchev–Trinajstić information content (AvgIpc) is 2.43. The van der Waals surface area contributed by atoms with Gasteiger partial charge < -0.3 is 20.9 Å². The summed E-state index contributed by atoms with van der Waals surface area (Å²) in [7, 11) is 0. The van der Waals surface area contributed by atoms with Crippen LogP contribution in [0.2, 0.25) is 0 Å². The second-order valence-corrected chi connectivity index (χ2v) is 3.98. The number of para-hydroxylation sites is 2. The number of nitrogens with zero attached hydrogens (tertiary/aromatic N) is 1. The lowest BCUT2D eigenvalue weighted by molar-refractivity contribution is 0.0698. The highest BCUT2D eigenvalue weighted by molar-refractivity contribution is 5.96. The number of rotatable bonds is 5. The van der Waals surface area contributed by atoms with Crippen LogP contribution in [0.1, 0.15) is 17.3 Å². The molecule has 0 spiro atoms. The van der Waals surface area contributed by atoms with Crippen molar-refractivity contribution in [1.29, 1.82) is 0 Å². The minimum absolute atomic E-state index is 0.0105. The summed E-state index contributed by atoms with van der Waals surface area (Å²) in [5.41, 5.74) is 6.59. The second-order valence-electron chi connectivity index (χ2n) is 3.98. The molecule has 2 aromatic rings. The molecule has 6 heteroatoms. The summed E-state index contributed by atoms with van der Waals surface area (Å²) in [6.45, 7) is 2.41. The smallest absolute Gasteiger partial charge is 0.337 e. The summed E-state index contributed by atoms with van der Waals surface area (Å²) < 4.78 is 5.48. The van der Waals surface area contributed by atoms with Crippen LogP contribution in [0.4, 0.5) is 17.2 Å². The van der Waals surface area contributed by atoms with Crippen LogP contribution in [-0.4, -0.2) is 22.7 Å². The monoisotopic (exact) mass is 273 g/mol. The zero-order chi connectivity index (χ0) is 14.5. The Morgan fingerprint density at radius 3 is 2.85 bits per heavy atom. The molecule has 2 rings (SSSR count). The number of aromatic carboxylic acids is 1. The van der Waals surface area contributed by atoms with Crippen molar-refractivity contribution in [3.63, 3.8) is 0 Å². The van der Waals surface area contributed by atoms with Crippen LogP contribution < -0.4 is 15.8 Å². The van der Waals surface area contributed by atoms with E-state index in [2.05, 4.69) is 10.3 Å². The number of ether oxygens (including phenoxy) is 1. The van der Waals surface area contributed by atoms with Crippen LogP contribution in [0.3, 0.4) is 0 Å². The number of nitrogens with two attached hydrogens (primary N) is 1. The van der Waals surface area contributed by atoms with Gasteiger partial charge in [0.2, 0.25) is 0 Å². The molecule has 0 amide bonds. The minimum atomic E-state index is -1.09. The lowest BCUT2D eigenvalue weighted by atomic mass is 10.2. The Hall–Kier alpha value is -2.76. The van der Waals surface area contributed by atoms with E-state index >= 15 is 0 Å². The first-order valence-corrected chi connectivity index (χ1v) is 6.10. The predicted octanol–water partition coefficient (Wildman–Crippen LogP) is 2.50. The molecule has 0 saturated carbocycles. The molecular formula is C14H15N3O3. The lowest BCUT2D eigenvalue weighted by Gasteiger charge is -2.13. The van der Waals surface area contributed by atoms with Gasteiger partial charge in [-0.05, 0) is 25.1 Å². The Bertz CT molecular complexity index is 629. The van der Waals surface area contributed by atoms with Crippen molar-refractivity contribution in [2.24, 2.45) is 0 Å². The van der Waals surface area contributed by atoms with Gasteiger partial charge in [-0.1, -0.05) is 12.1 Å². The van der Waals surface area contributed by atoms with Gasteiger partial charge in [-0.2, -0.15) is 0 Å². The van der Waals surface area contributed by atoms with Crippen LogP contribution >= 0.6 is 0 Å². The van der Waals surface area contributed by atoms with E-state index in [-0.39, 0.29) is 17.1 Å². The van der Waals surface area contributed by atoms with Crippen molar-refractivity contribution in [3.05, 3.63) is 42.1 Å². The fourth-order valence-corrected chi connectivity index (χ4v) is 1.74. The first kappa shape index (κ1) is 13.7. The lowest BCUT2D eigenvalue weighted by Crippen LogP contribution is -2.07. The molecule has 0 aliphatic rings. The highest BCUT2D eigenvalue weighted by Gasteiger charge is 2.13. The van der Waals surface area contributed by atoms with Crippen LogP contribution in [0.15, 0.2) is 36.5 Å². The largest absolute Gasteiger partial charge is 0.492 e. The van der Waals surface area contributed by atoms with Crippen LogP contribution in [0.25, 0.3) is 0 Å². The number of nitrogen functional groups attached to an aromatic ring is 1. The fraction of sp³-hybridized carbons (Fsp3) is 0.143. The van der Waals surface area contributed by atoms with E-state index in [0.29, 0.717) is 18.0 Å². The number of carbonyl (C=O) groups is 1. The zero-order valence-corrected chi connectivity index (χ0v) is 11.0. The molecular weight excluding hydrogens is 258 g/mol. The van der Waals surface area contributed by atoms with Crippen LogP contribution in [-0.2, 0) is 0 Å². The van der Waals surface area contributed by atoms with Gasteiger partial charge in [0.1, 0.15) is 5.75 Å². The average molecular weight is 273 g/mol. The normalized spacial score (nSPS) is 10.1. The molecule has 1 heterocycles. The molecule has 0 atom stereocenters. The Kier molecular flexibility index (Phi) is 4.05. The topological polar surface area (TPSA) is 97.5 Å². The van der Waals surface area contributed by atoms with E-state index in [1.807, 2.05) is 25.1 Å². The van der Waals surface area contributed by atoms with Gasteiger partial charge >= 0.3 is 5.97 Å². The SMILES string of the molecule is CCOc1ccccc1Nc1nccc(C(=O)O)c1N. The molecule has 20 heavy (non-hydrogen) atoms. The number of hydrogen-bond acceptors (Lipinski definition) is 5. The Morgan fingerprint density at radius 1 is 1.40 bits per heavy atom. The van der Waals surface area contributed by atoms with Gasteiger partial charge in [0.05, 0.1) is 23.5 Å². The number of hydrogen-bond donors (Lipinski definition) is 3. The molecule has 0 saturated heterocycles. The van der Waals surface area contributed by atoms with Crippen molar-refractivity contribution >= 4 is 23.2 Å². The first-order valence-electron chi connectivity index (χ1n) is 6.10. The third-order valence-corrected chi connectivity index (χ3v) is 2.66. The molecule has 1 aromatic heterocycles. The molecule has 4 N–H and O–H groups in total. The predicted molar refractivity (Wildman–Crippen MR) is 76.5 cm³/mol. The summed E-state index contributed by atoms with van der Waals surface area (Å²) in [6, 6.07) is 8.66. The van der Waals surface area contributed by atoms with Crippen molar-refractivity contribution in [3.8, 4) is 5.75 Å². The second kappa shape index (κ2) is 5.92. The summed E-state index contributed by atoms with van der Waals surface area (Å²) >= 11 is 0. The van der Waals surface area contributed by atoms with Crippen molar-refractivity contribution in [1.82, 2.24) is 4.98 Å². The summed E-state index contributed by atoms with van der Waals surface area (Å²) in [6.07, 6.45) is 1.39. The number of nitrogens with one attached hydrogen (secondary N) is 1. The molecule has 0 bridgehead atoms. The number of anilines is 3. The molecule has 0 unspecified atom stereocenters. The number of benzene rings is 1. The summed E-state index contributed by atoms with van der Waals surface area (Å²) in [5, 5.41) is 12.0. The molecule has 0 aliphatic heterocycles. The van der Waals surface area contributed by atoms with Gasteiger partial charge in [-0.15, -0.1) is 0 Å². The number of carboxylic acids is 1. The number of pyridine rings is 1. The molecule has 0 fully saturated rings. The van der Waals surface area contributed by atoms with Gasteiger partial charge in [0, 0.05) is 6.20 Å². The van der Waals surface area contributed by atoms with Gasteiger partial charge in [0.15, 0.2) is 5.82 Å². The van der Waals surface area contributed by atoms with E-state index in [9.17, 15) is 4.79 Å². The van der Waals surface area contributed by atoms with E-state index in [4.69, 9.17) is 15.6 Å². The van der Waals surface area contributed by atoms with Crippen LogP contribution in [0, 0.1) is 0 Å². The first-order chi connectivity index (χ1) is 9.63. The Morgan fingerprint density at radius 2 is 2.15 bits per heavy atom. The molecule has 1 aromatic carbocycles. The minimum Gasteiger partial charge on any atom is -0.492 e. The Labute approximate surface area is 116 Å². The molecule has 6 nitrogen and oxygen atoms in total. The third kappa shape index (κ3) is 2.80. The molecule has 0 aliphatic carbocycles. The number of carboxylic acid groups (broad SMARTS) is 1. The number of aromatic nitrogens is 1. The fourth-order valence-electron chi connectivity index (χ4n) is 1.74. The Balaban J connectivity index is 2.35. The van der Waals surface area contributed by atoms with Crippen molar-refractivity contribution < 1.29 is 14.6 Å². The highest BCUT2D eigenvalue weighted by atomic mass is 16.5. The third-order valence-electron chi connectivity index (χ3n) is 2.66. The highest BCUT2D eigenvalue weighted by Crippen LogP contribution is 2.30. The van der Waals surface area contributed by atoms with Gasteiger partial charge in [-0.25, -0.2) is 9.78 Å². The van der Waals surface area contributed by atoms with E-state index in [1.165, 1.54) is 12.3 Å². The standard InChI is InChI=1S/C14H15N3O3/c1-2-20-11-6-4-3-5-10(11)17-13-12(15)9(14(18)19)7-8-16-13/h3-8H,2,15H2,1H3,(H,16,17)(H,18,19). The van der Waals surface area contributed by atoms with E-state index in [1.54, 1.807) is 6.07 Å². The summed E-state index contributed by atoms with van der Waals surface area (Å²) in [4.78, 5) is 15.1. The van der Waals surface area contributed by atoms with Crippen molar-refractivity contribution in [2.45, 2.75) is 6.92 Å². The van der Waals surface area contributed by atoms with E-state index < -0.39 is 5.97 Å². The maximum atomic E-state index is 11.0. The quantitative estimate of drug-likeness (QED) is 0.774. The van der Waals surface area contributed by atoms with E-state index in [0.717, 1.165) is 0 Å². The summed E-state index contributed by atoms with van der Waals surface area (Å²) in [5.74, 6) is -0.153. The maximum absolute atomic E-state index is 11.0. The van der Waals surface area contributed by atoms with Gasteiger partial charge in [0.25, 0.3) is 0 Å². The van der Waals surface area contributed by atoms with Crippen molar-refractivity contribution in [2.75, 3.05) is 17.7 Å². The maximum Gasteiger partial charge on any atom is 0.337 e. The van der Waals surface area contributed by atoms with Gasteiger partial charge in [-0.3, -0.25) is 0 Å². The van der Waals surface area contributed by atoms with Crippen LogP contribution in [0.5, 0.6) is 5.75 Å². The molecule has 104 valence electrons.